The van der Waals surface area contributed by atoms with Crippen LogP contribution in [0.2, 0.25) is 0 Å². The Morgan fingerprint density at radius 2 is 2.19 bits per heavy atom. The molecule has 1 N–H and O–H groups in total. The van der Waals surface area contributed by atoms with E-state index in [1.54, 1.807) is 4.90 Å². The van der Waals surface area contributed by atoms with Gasteiger partial charge in [-0.1, -0.05) is 25.1 Å². The molecule has 0 atom stereocenters. The Morgan fingerprint density at radius 1 is 1.38 bits per heavy atom. The molecular formula is C13H17NO2. The van der Waals surface area contributed by atoms with E-state index in [0.717, 1.165) is 12.0 Å². The van der Waals surface area contributed by atoms with Gasteiger partial charge in [0, 0.05) is 13.1 Å². The molecule has 0 radical (unpaired) electrons. The summed E-state index contributed by atoms with van der Waals surface area (Å²) in [5, 5.41) is 8.87. The second-order valence-electron chi connectivity index (χ2n) is 4.17. The normalized spacial score (nSPS) is 15.1. The number of aliphatic hydroxyl groups excluding tert-OH is 1. The summed E-state index contributed by atoms with van der Waals surface area (Å²) in [4.78, 5) is 13.5. The molecule has 0 unspecified atom stereocenters. The van der Waals surface area contributed by atoms with Gasteiger partial charge in [0.2, 0.25) is 5.91 Å². The van der Waals surface area contributed by atoms with Crippen molar-refractivity contribution in [1.29, 1.82) is 0 Å². The van der Waals surface area contributed by atoms with Gasteiger partial charge < -0.3 is 10.0 Å². The Morgan fingerprint density at radius 3 is 2.88 bits per heavy atom. The molecule has 16 heavy (non-hydrogen) atoms. The number of fused-ring (bicyclic) bond motifs is 1. The van der Waals surface area contributed by atoms with Gasteiger partial charge in [-0.2, -0.15) is 0 Å². The second-order valence-corrected chi connectivity index (χ2v) is 4.17. The van der Waals surface area contributed by atoms with Gasteiger partial charge in [0.25, 0.3) is 0 Å². The quantitative estimate of drug-likeness (QED) is 0.827. The third-order valence-corrected chi connectivity index (χ3v) is 3.10. The van der Waals surface area contributed by atoms with Gasteiger partial charge in [-0.3, -0.25) is 4.79 Å². The van der Waals surface area contributed by atoms with Crippen molar-refractivity contribution < 1.29 is 9.90 Å². The Kier molecular flexibility index (Phi) is 3.25. The number of amides is 1. The predicted molar refractivity (Wildman–Crippen MR) is 62.0 cm³/mol. The first-order valence-electron chi connectivity index (χ1n) is 5.74. The Hall–Kier alpha value is -1.35. The molecule has 0 aromatic heterocycles. The number of hydrogen-bond donors (Lipinski definition) is 1. The lowest BCUT2D eigenvalue weighted by molar-refractivity contribution is -0.132. The van der Waals surface area contributed by atoms with Crippen LogP contribution in [0.25, 0.3) is 0 Å². The highest BCUT2D eigenvalue weighted by molar-refractivity contribution is 5.81. The molecule has 3 nitrogen and oxygen atoms in total. The summed E-state index contributed by atoms with van der Waals surface area (Å²) in [6.45, 7) is 3.23. The minimum atomic E-state index is 0.0358. The molecular weight excluding hydrogens is 202 g/mol. The molecule has 0 saturated heterocycles. The van der Waals surface area contributed by atoms with Crippen LogP contribution in [0.1, 0.15) is 23.6 Å². The highest BCUT2D eigenvalue weighted by Crippen LogP contribution is 2.21. The number of nitrogens with zero attached hydrogens (tertiary/aromatic N) is 1. The van der Waals surface area contributed by atoms with Crippen LogP contribution in [-0.2, 0) is 24.2 Å². The number of carbonyl (C=O) groups is 1. The summed E-state index contributed by atoms with van der Waals surface area (Å²) in [6.07, 6.45) is 1.48. The van der Waals surface area contributed by atoms with Crippen LogP contribution in [0.15, 0.2) is 18.2 Å². The smallest absolute Gasteiger partial charge is 0.227 e. The van der Waals surface area contributed by atoms with Crippen LogP contribution in [0, 0.1) is 0 Å². The van der Waals surface area contributed by atoms with Crippen molar-refractivity contribution in [1.82, 2.24) is 4.90 Å². The van der Waals surface area contributed by atoms with Gasteiger partial charge >= 0.3 is 0 Å². The summed E-state index contributed by atoms with van der Waals surface area (Å²) >= 11 is 0. The highest BCUT2D eigenvalue weighted by Gasteiger charge is 2.22. The molecule has 0 saturated carbocycles. The van der Waals surface area contributed by atoms with Crippen LogP contribution < -0.4 is 0 Å². The van der Waals surface area contributed by atoms with Crippen molar-refractivity contribution >= 4 is 5.91 Å². The fourth-order valence-electron chi connectivity index (χ4n) is 2.11. The molecule has 0 bridgehead atoms. The topological polar surface area (TPSA) is 40.5 Å². The van der Waals surface area contributed by atoms with Gasteiger partial charge in [0.05, 0.1) is 13.0 Å². The van der Waals surface area contributed by atoms with Crippen molar-refractivity contribution in [3.63, 3.8) is 0 Å². The van der Waals surface area contributed by atoms with Gasteiger partial charge in [-0.25, -0.2) is 0 Å². The lowest BCUT2D eigenvalue weighted by Gasteiger charge is -2.28. The van der Waals surface area contributed by atoms with E-state index < -0.39 is 0 Å². The minimum Gasteiger partial charge on any atom is -0.395 e. The average molecular weight is 219 g/mol. The summed E-state index contributed by atoms with van der Waals surface area (Å²) < 4.78 is 0. The van der Waals surface area contributed by atoms with Crippen LogP contribution in [0.5, 0.6) is 0 Å². The monoisotopic (exact) mass is 219 g/mol. The number of carbonyl (C=O) groups excluding carboxylic acids is 1. The van der Waals surface area contributed by atoms with Gasteiger partial charge in [-0.15, -0.1) is 0 Å². The van der Waals surface area contributed by atoms with E-state index in [4.69, 9.17) is 5.11 Å². The molecule has 2 rings (SSSR count). The van der Waals surface area contributed by atoms with Gasteiger partial charge in [0.1, 0.15) is 0 Å². The van der Waals surface area contributed by atoms with E-state index in [2.05, 4.69) is 25.1 Å². The van der Waals surface area contributed by atoms with Crippen molar-refractivity contribution in [3.05, 3.63) is 34.9 Å². The number of hydrogen-bond acceptors (Lipinski definition) is 2. The molecule has 1 aromatic carbocycles. The van der Waals surface area contributed by atoms with Gasteiger partial charge in [-0.05, 0) is 23.1 Å². The Balaban J connectivity index is 2.24. The summed E-state index contributed by atoms with van der Waals surface area (Å²) in [5.41, 5.74) is 3.64. The lowest BCUT2D eigenvalue weighted by atomic mass is 9.96. The van der Waals surface area contributed by atoms with Crippen molar-refractivity contribution in [3.8, 4) is 0 Å². The van der Waals surface area contributed by atoms with E-state index in [0.29, 0.717) is 19.5 Å². The van der Waals surface area contributed by atoms with Crippen LogP contribution in [-0.4, -0.2) is 29.1 Å². The maximum atomic E-state index is 11.8. The van der Waals surface area contributed by atoms with E-state index in [1.807, 2.05) is 0 Å². The standard InChI is InChI=1S/C13H17NO2/c1-2-10-3-4-11-9-14(5-6-15)13(16)8-12(11)7-10/h3-4,7,15H,2,5-6,8-9H2,1H3. The number of β-amino-alcohol motifs (C(OH)–C–C–N with tert-alkyl or cyclic N) is 1. The van der Waals surface area contributed by atoms with Gasteiger partial charge in [0.15, 0.2) is 0 Å². The lowest BCUT2D eigenvalue weighted by Crippen LogP contribution is -2.38. The van der Waals surface area contributed by atoms with E-state index in [-0.39, 0.29) is 12.5 Å². The van der Waals surface area contributed by atoms with E-state index in [9.17, 15) is 4.79 Å². The number of aliphatic hydroxyl groups is 1. The summed E-state index contributed by atoms with van der Waals surface area (Å²) in [5.74, 6) is 0.120. The Bertz CT molecular complexity index is 401. The fraction of sp³-hybridized carbons (Fsp3) is 0.462. The van der Waals surface area contributed by atoms with Crippen LogP contribution in [0.3, 0.4) is 0 Å². The molecule has 3 heteroatoms. The Labute approximate surface area is 95.7 Å². The largest absolute Gasteiger partial charge is 0.395 e. The summed E-state index contributed by atoms with van der Waals surface area (Å²) in [7, 11) is 0. The molecule has 1 aliphatic rings. The molecule has 86 valence electrons. The van der Waals surface area contributed by atoms with Crippen molar-refractivity contribution in [2.75, 3.05) is 13.2 Å². The first-order chi connectivity index (χ1) is 7.74. The first-order valence-corrected chi connectivity index (χ1v) is 5.74. The third-order valence-electron chi connectivity index (χ3n) is 3.10. The minimum absolute atomic E-state index is 0.0358. The zero-order valence-electron chi connectivity index (χ0n) is 9.57. The molecule has 1 aliphatic heterocycles. The van der Waals surface area contributed by atoms with E-state index >= 15 is 0 Å². The summed E-state index contributed by atoms with van der Waals surface area (Å²) in [6, 6.07) is 6.35. The third kappa shape index (κ3) is 2.09. The number of benzene rings is 1. The fourth-order valence-corrected chi connectivity index (χ4v) is 2.11. The predicted octanol–water partition coefficient (Wildman–Crippen LogP) is 1.13. The number of aryl methyl sites for hydroxylation is 1. The molecule has 1 aromatic rings. The first kappa shape index (κ1) is 11.1. The molecule has 0 fully saturated rings. The molecule has 1 amide bonds. The zero-order chi connectivity index (χ0) is 11.5. The van der Waals surface area contributed by atoms with Crippen LogP contribution >= 0.6 is 0 Å². The molecule has 0 spiro atoms. The zero-order valence-corrected chi connectivity index (χ0v) is 9.57. The maximum absolute atomic E-state index is 11.8. The number of rotatable bonds is 3. The van der Waals surface area contributed by atoms with Crippen LogP contribution in [0.4, 0.5) is 0 Å². The van der Waals surface area contributed by atoms with Crippen molar-refractivity contribution in [2.45, 2.75) is 26.3 Å². The molecule has 0 aliphatic carbocycles. The average Bonchev–Trinajstić information content (AvgIpc) is 2.30. The van der Waals surface area contributed by atoms with E-state index in [1.165, 1.54) is 11.1 Å². The second kappa shape index (κ2) is 4.66. The highest BCUT2D eigenvalue weighted by atomic mass is 16.3. The SMILES string of the molecule is CCc1ccc2c(c1)CC(=O)N(CCO)C2. The van der Waals surface area contributed by atoms with Crippen molar-refractivity contribution in [2.24, 2.45) is 0 Å². The molecule has 1 heterocycles. The maximum Gasteiger partial charge on any atom is 0.227 e.